The number of fused-ring (bicyclic) bond motifs is 2. The van der Waals surface area contributed by atoms with E-state index in [-0.39, 0.29) is 5.69 Å². The number of aromatic nitrogens is 2. The molecule has 1 aliphatic heterocycles. The largest absolute Gasteiger partial charge is 0.486 e. The highest BCUT2D eigenvalue weighted by atomic mass is 16.6. The van der Waals surface area contributed by atoms with Crippen molar-refractivity contribution in [3.8, 4) is 11.5 Å². The zero-order chi connectivity index (χ0) is 18.1. The first-order valence-electron chi connectivity index (χ1n) is 8.38. The number of nitro benzene ring substituents is 1. The van der Waals surface area contributed by atoms with Crippen LogP contribution in [0.3, 0.4) is 0 Å². The van der Waals surface area contributed by atoms with E-state index in [4.69, 9.17) is 20.2 Å². The van der Waals surface area contributed by atoms with Crippen LogP contribution in [0.5, 0.6) is 11.5 Å². The van der Waals surface area contributed by atoms with Crippen molar-refractivity contribution in [3.63, 3.8) is 0 Å². The van der Waals surface area contributed by atoms with E-state index in [0.717, 1.165) is 22.4 Å². The summed E-state index contributed by atoms with van der Waals surface area (Å²) in [6.45, 7) is 2.07. The number of hydrogen-bond acceptors (Lipinski definition) is 6. The predicted octanol–water partition coefficient (Wildman–Crippen LogP) is 2.27. The molecule has 1 aliphatic rings. The lowest BCUT2D eigenvalue weighted by atomic mass is 10.2. The molecule has 0 fully saturated rings. The van der Waals surface area contributed by atoms with Crippen molar-refractivity contribution in [1.82, 2.24) is 9.55 Å². The van der Waals surface area contributed by atoms with Crippen molar-refractivity contribution in [2.75, 3.05) is 19.8 Å². The fourth-order valence-electron chi connectivity index (χ4n) is 3.11. The molecule has 1 aromatic heterocycles. The Hall–Kier alpha value is -3.13. The Balaban J connectivity index is 1.76. The molecule has 0 aliphatic carbocycles. The summed E-state index contributed by atoms with van der Waals surface area (Å²) < 4.78 is 13.4. The molecule has 134 valence electrons. The number of hydrogen-bond donors (Lipinski definition) is 1. The van der Waals surface area contributed by atoms with Gasteiger partial charge in [-0.05, 0) is 12.1 Å². The topological polar surface area (TPSA) is 105 Å². The summed E-state index contributed by atoms with van der Waals surface area (Å²) in [5, 5.41) is 10.8. The van der Waals surface area contributed by atoms with E-state index in [9.17, 15) is 10.1 Å². The zero-order valence-electron chi connectivity index (χ0n) is 14.1. The quantitative estimate of drug-likeness (QED) is 0.556. The van der Waals surface area contributed by atoms with E-state index in [0.29, 0.717) is 44.2 Å². The van der Waals surface area contributed by atoms with Crippen LogP contribution in [0.4, 0.5) is 5.69 Å². The average molecular weight is 354 g/mol. The van der Waals surface area contributed by atoms with Gasteiger partial charge in [-0.25, -0.2) is 4.98 Å². The van der Waals surface area contributed by atoms with Gasteiger partial charge in [0.15, 0.2) is 11.5 Å². The van der Waals surface area contributed by atoms with Crippen LogP contribution in [0.1, 0.15) is 11.4 Å². The number of ether oxygens (including phenoxy) is 2. The van der Waals surface area contributed by atoms with Crippen molar-refractivity contribution in [2.45, 2.75) is 13.0 Å². The number of nitrogens with two attached hydrogens (primary N) is 1. The highest BCUT2D eigenvalue weighted by Crippen LogP contribution is 2.35. The minimum atomic E-state index is -0.403. The molecule has 0 bridgehead atoms. The van der Waals surface area contributed by atoms with Gasteiger partial charge in [-0.2, -0.15) is 0 Å². The maximum atomic E-state index is 10.8. The molecule has 0 amide bonds. The first kappa shape index (κ1) is 16.3. The normalized spacial score (nSPS) is 13.1. The molecular formula is C18H18N4O4. The second-order valence-electron chi connectivity index (χ2n) is 6.06. The molecule has 0 radical (unpaired) electrons. The number of benzene rings is 2. The Morgan fingerprint density at radius 2 is 1.85 bits per heavy atom. The summed E-state index contributed by atoms with van der Waals surface area (Å²) in [5.41, 5.74) is 8.51. The number of non-ortho nitro benzene ring substituents is 1. The maximum Gasteiger partial charge on any atom is 0.269 e. The van der Waals surface area contributed by atoms with E-state index < -0.39 is 4.92 Å². The molecule has 8 nitrogen and oxygen atoms in total. The SMILES string of the molecule is NCCc1nc2cc3c(cc2n1Cc1ccc([N+](=O)[O-])cc1)OCCO3. The molecule has 0 saturated heterocycles. The Morgan fingerprint density at radius 1 is 1.15 bits per heavy atom. The van der Waals surface area contributed by atoms with Gasteiger partial charge in [-0.1, -0.05) is 12.1 Å². The Bertz CT molecular complexity index is 965. The Morgan fingerprint density at radius 3 is 2.50 bits per heavy atom. The van der Waals surface area contributed by atoms with E-state index in [1.807, 2.05) is 12.1 Å². The van der Waals surface area contributed by atoms with E-state index in [1.165, 1.54) is 12.1 Å². The van der Waals surface area contributed by atoms with E-state index >= 15 is 0 Å². The lowest BCUT2D eigenvalue weighted by Gasteiger charge is -2.18. The van der Waals surface area contributed by atoms with Crippen LogP contribution in [0.25, 0.3) is 11.0 Å². The number of nitro groups is 1. The van der Waals surface area contributed by atoms with Crippen LogP contribution in [0.2, 0.25) is 0 Å². The van der Waals surface area contributed by atoms with Crippen molar-refractivity contribution in [3.05, 3.63) is 57.9 Å². The Kier molecular flexibility index (Phi) is 4.18. The number of imidazole rings is 1. The molecule has 4 rings (SSSR count). The highest BCUT2D eigenvalue weighted by Gasteiger charge is 2.18. The molecule has 8 heteroatoms. The van der Waals surface area contributed by atoms with Crippen molar-refractivity contribution in [1.29, 1.82) is 0 Å². The van der Waals surface area contributed by atoms with Gasteiger partial charge in [0.25, 0.3) is 5.69 Å². The minimum Gasteiger partial charge on any atom is -0.486 e. The van der Waals surface area contributed by atoms with Crippen LogP contribution < -0.4 is 15.2 Å². The summed E-state index contributed by atoms with van der Waals surface area (Å²) in [6.07, 6.45) is 0.633. The maximum absolute atomic E-state index is 10.8. The standard InChI is InChI=1S/C18H18N4O4/c19-6-5-18-20-14-9-16-17(26-8-7-25-16)10-15(14)21(18)11-12-1-3-13(4-2-12)22(23)24/h1-4,9-10H,5-8,11,19H2. The Labute approximate surface area is 149 Å². The van der Waals surface area contributed by atoms with Crippen molar-refractivity contribution >= 4 is 16.7 Å². The lowest BCUT2D eigenvalue weighted by molar-refractivity contribution is -0.384. The van der Waals surface area contributed by atoms with Gasteiger partial charge in [0, 0.05) is 37.2 Å². The third-order valence-corrected chi connectivity index (χ3v) is 4.35. The van der Waals surface area contributed by atoms with Gasteiger partial charge < -0.3 is 19.8 Å². The first-order valence-corrected chi connectivity index (χ1v) is 8.38. The van der Waals surface area contributed by atoms with Gasteiger partial charge in [0.2, 0.25) is 0 Å². The van der Waals surface area contributed by atoms with Gasteiger partial charge >= 0.3 is 0 Å². The van der Waals surface area contributed by atoms with Crippen LogP contribution >= 0.6 is 0 Å². The second kappa shape index (κ2) is 6.64. The van der Waals surface area contributed by atoms with Crippen molar-refractivity contribution < 1.29 is 14.4 Å². The van der Waals surface area contributed by atoms with Gasteiger partial charge in [0.1, 0.15) is 19.0 Å². The summed E-state index contributed by atoms with van der Waals surface area (Å²) in [6, 6.07) is 10.4. The van der Waals surface area contributed by atoms with Crippen molar-refractivity contribution in [2.24, 2.45) is 5.73 Å². The smallest absolute Gasteiger partial charge is 0.269 e. The summed E-state index contributed by atoms with van der Waals surface area (Å²) in [5.74, 6) is 2.26. The molecule has 0 atom stereocenters. The molecular weight excluding hydrogens is 336 g/mol. The van der Waals surface area contributed by atoms with E-state index in [1.54, 1.807) is 12.1 Å². The van der Waals surface area contributed by atoms with Gasteiger partial charge in [-0.3, -0.25) is 10.1 Å². The molecule has 26 heavy (non-hydrogen) atoms. The number of nitrogens with zero attached hydrogens (tertiary/aromatic N) is 3. The predicted molar refractivity (Wildman–Crippen MR) is 95.7 cm³/mol. The first-order chi connectivity index (χ1) is 12.7. The van der Waals surface area contributed by atoms with Crippen LogP contribution in [0, 0.1) is 10.1 Å². The van der Waals surface area contributed by atoms with Gasteiger partial charge in [-0.15, -0.1) is 0 Å². The minimum absolute atomic E-state index is 0.0750. The molecule has 0 spiro atoms. The number of rotatable bonds is 5. The van der Waals surface area contributed by atoms with Crippen LogP contribution in [-0.2, 0) is 13.0 Å². The van der Waals surface area contributed by atoms with Crippen LogP contribution in [0.15, 0.2) is 36.4 Å². The average Bonchev–Trinajstić information content (AvgIpc) is 2.97. The highest BCUT2D eigenvalue weighted by molar-refractivity contribution is 5.81. The van der Waals surface area contributed by atoms with Gasteiger partial charge in [0.05, 0.1) is 16.0 Å². The molecule has 3 aromatic rings. The molecule has 2 aromatic carbocycles. The summed E-state index contributed by atoms with van der Waals surface area (Å²) >= 11 is 0. The monoisotopic (exact) mass is 354 g/mol. The molecule has 0 unspecified atom stereocenters. The lowest BCUT2D eigenvalue weighted by Crippen LogP contribution is -2.15. The third-order valence-electron chi connectivity index (χ3n) is 4.35. The summed E-state index contributed by atoms with van der Waals surface area (Å²) in [4.78, 5) is 15.1. The molecule has 0 saturated carbocycles. The molecule has 2 N–H and O–H groups in total. The van der Waals surface area contributed by atoms with Crippen LogP contribution in [-0.4, -0.2) is 34.2 Å². The fraction of sp³-hybridized carbons (Fsp3) is 0.278. The van der Waals surface area contributed by atoms with E-state index in [2.05, 4.69) is 4.57 Å². The third kappa shape index (κ3) is 2.95. The zero-order valence-corrected chi connectivity index (χ0v) is 14.1. The summed E-state index contributed by atoms with van der Waals surface area (Å²) in [7, 11) is 0. The fourth-order valence-corrected chi connectivity index (χ4v) is 3.11. The second-order valence-corrected chi connectivity index (χ2v) is 6.06. The molecule has 2 heterocycles.